The molecule has 2 aromatic carbocycles. The predicted molar refractivity (Wildman–Crippen MR) is 231 cm³/mol. The van der Waals surface area contributed by atoms with Gasteiger partial charge in [-0.15, -0.1) is 0 Å². The van der Waals surface area contributed by atoms with Crippen LogP contribution in [0.5, 0.6) is 11.5 Å². The summed E-state index contributed by atoms with van der Waals surface area (Å²) in [7, 11) is -6.08. The molecular weight excluding hydrogens is 761 g/mol. The summed E-state index contributed by atoms with van der Waals surface area (Å²) in [6.07, 6.45) is 16.2. The lowest BCUT2D eigenvalue weighted by atomic mass is 9.86. The van der Waals surface area contributed by atoms with Gasteiger partial charge in [-0.25, -0.2) is 25.4 Å². The van der Waals surface area contributed by atoms with E-state index >= 15 is 0 Å². The number of rotatable bonds is 15. The van der Waals surface area contributed by atoms with Gasteiger partial charge < -0.3 is 19.6 Å². The zero-order valence-corrected chi connectivity index (χ0v) is 37.3. The third kappa shape index (κ3) is 15.2. The van der Waals surface area contributed by atoms with E-state index in [0.29, 0.717) is 63.6 Å². The predicted octanol–water partition coefficient (Wildman–Crippen LogP) is 6.13. The lowest BCUT2D eigenvalue weighted by Gasteiger charge is -2.39. The Labute approximate surface area is 345 Å². The lowest BCUT2D eigenvalue weighted by Crippen LogP contribution is -2.45. The van der Waals surface area contributed by atoms with Crippen LogP contribution in [0.2, 0.25) is 0 Å². The molecular formula is C44H72N4O7S2. The van der Waals surface area contributed by atoms with Crippen molar-refractivity contribution in [2.45, 2.75) is 117 Å². The monoisotopic (exact) mass is 832 g/mol. The van der Waals surface area contributed by atoms with E-state index in [1.165, 1.54) is 64.8 Å². The summed E-state index contributed by atoms with van der Waals surface area (Å²) in [5.41, 5.74) is 5.88. The van der Waals surface area contributed by atoms with Crippen molar-refractivity contribution >= 4 is 26.3 Å². The van der Waals surface area contributed by atoms with E-state index < -0.39 is 20.0 Å². The van der Waals surface area contributed by atoms with Gasteiger partial charge in [0.05, 0.1) is 25.7 Å². The number of aldehydes is 1. The highest BCUT2D eigenvalue weighted by molar-refractivity contribution is 7.88. The van der Waals surface area contributed by atoms with Gasteiger partial charge in [0.15, 0.2) is 0 Å². The molecule has 2 aliphatic heterocycles. The summed E-state index contributed by atoms with van der Waals surface area (Å²) in [4.78, 5) is 13.0. The number of nitrogens with one attached hydrogen (secondary N) is 1. The molecule has 0 radical (unpaired) electrons. The standard InChI is InChI=1S/C22H36N2O3S.C15H23NO.C7H13NO3S/c1-4-12-23(17-18-10-13-24(14-11-18)28(3,25)26)21-8-6-19-7-9-22(27-5-2)16-20(19)15-21;1-3-9-16-14-7-5-12-6-8-15(17-4-2)11-13(12)10-14;1-12(10,11)8-4-2-7(6-9)3-5-8/h7,9,16,18,21H,4-6,8,10-15,17H2,1-3H3;6,8,11,14,16H,3-5,7,9-10H2,1-2H3;6-7H,2-5H2,1H3. The third-order valence-corrected chi connectivity index (χ3v) is 14.4. The fraction of sp³-hybridized carbons (Fsp3) is 0.705. The van der Waals surface area contributed by atoms with Gasteiger partial charge in [0.2, 0.25) is 20.0 Å². The number of sulfonamides is 2. The summed E-state index contributed by atoms with van der Waals surface area (Å²) in [6, 6.07) is 14.4. The molecule has 4 aliphatic rings. The van der Waals surface area contributed by atoms with Crippen LogP contribution in [0.4, 0.5) is 0 Å². The Morgan fingerprint density at radius 2 is 1.23 bits per heavy atom. The number of nitrogens with zero attached hydrogens (tertiary/aromatic N) is 3. The van der Waals surface area contributed by atoms with Crippen LogP contribution >= 0.6 is 0 Å². The van der Waals surface area contributed by atoms with Crippen molar-refractivity contribution in [3.8, 4) is 11.5 Å². The highest BCUT2D eigenvalue weighted by Gasteiger charge is 2.30. The minimum Gasteiger partial charge on any atom is -0.494 e. The number of fused-ring (bicyclic) bond motifs is 2. The molecule has 11 nitrogen and oxygen atoms in total. The number of hydrogen-bond donors (Lipinski definition) is 1. The van der Waals surface area contributed by atoms with E-state index in [4.69, 9.17) is 9.47 Å². The smallest absolute Gasteiger partial charge is 0.211 e. The van der Waals surface area contributed by atoms with Crippen LogP contribution in [-0.2, 0) is 50.5 Å². The quantitative estimate of drug-likeness (QED) is 0.211. The normalized spacial score (nSPS) is 21.0. The summed E-state index contributed by atoms with van der Waals surface area (Å²) < 4.78 is 59.9. The first kappa shape index (κ1) is 47.1. The maximum absolute atomic E-state index is 11.8. The minimum absolute atomic E-state index is 0.0583. The zero-order valence-electron chi connectivity index (χ0n) is 35.7. The second-order valence-corrected chi connectivity index (χ2v) is 20.2. The van der Waals surface area contributed by atoms with Crippen LogP contribution in [0.3, 0.4) is 0 Å². The summed E-state index contributed by atoms with van der Waals surface area (Å²) in [5, 5.41) is 3.62. The lowest BCUT2D eigenvalue weighted by molar-refractivity contribution is -0.112. The molecule has 0 amide bonds. The van der Waals surface area contributed by atoms with E-state index in [1.807, 2.05) is 13.8 Å². The maximum atomic E-state index is 11.8. The Kier molecular flexibility index (Phi) is 19.3. The first-order chi connectivity index (χ1) is 27.3. The van der Waals surface area contributed by atoms with Crippen molar-refractivity contribution in [1.29, 1.82) is 0 Å². The number of benzene rings is 2. The average Bonchev–Trinajstić information content (AvgIpc) is 3.20. The van der Waals surface area contributed by atoms with E-state index in [-0.39, 0.29) is 5.92 Å². The van der Waals surface area contributed by atoms with E-state index in [1.54, 1.807) is 4.31 Å². The molecule has 0 aromatic heterocycles. The summed E-state index contributed by atoms with van der Waals surface area (Å²) in [5.74, 6) is 2.66. The summed E-state index contributed by atoms with van der Waals surface area (Å²) in [6.45, 7) is 15.7. The molecule has 2 unspecified atom stereocenters. The molecule has 0 spiro atoms. The highest BCUT2D eigenvalue weighted by Crippen LogP contribution is 2.30. The van der Waals surface area contributed by atoms with E-state index in [2.05, 4.69) is 60.5 Å². The van der Waals surface area contributed by atoms with Crippen molar-refractivity contribution < 1.29 is 31.1 Å². The van der Waals surface area contributed by atoms with Crippen LogP contribution in [0.25, 0.3) is 0 Å². The minimum atomic E-state index is -3.04. The van der Waals surface area contributed by atoms with Crippen molar-refractivity contribution in [3.63, 3.8) is 0 Å². The third-order valence-electron chi connectivity index (χ3n) is 11.8. The molecule has 2 heterocycles. The van der Waals surface area contributed by atoms with Crippen LogP contribution in [0.1, 0.15) is 101 Å². The van der Waals surface area contributed by atoms with Crippen molar-refractivity contribution in [1.82, 2.24) is 18.8 Å². The number of carbonyl (C=O) groups excluding carboxylic acids is 1. The molecule has 322 valence electrons. The van der Waals surface area contributed by atoms with Gasteiger partial charge in [-0.1, -0.05) is 26.0 Å². The Balaban J connectivity index is 0.000000210. The maximum Gasteiger partial charge on any atom is 0.211 e. The van der Waals surface area contributed by atoms with Gasteiger partial charge in [0.25, 0.3) is 0 Å². The molecule has 2 aliphatic carbocycles. The Bertz CT molecular complexity index is 1740. The van der Waals surface area contributed by atoms with Gasteiger partial charge >= 0.3 is 0 Å². The molecule has 13 heteroatoms. The fourth-order valence-electron chi connectivity index (χ4n) is 8.60. The summed E-state index contributed by atoms with van der Waals surface area (Å²) >= 11 is 0. The molecule has 6 rings (SSSR count). The molecule has 1 N–H and O–H groups in total. The zero-order chi connectivity index (χ0) is 41.4. The van der Waals surface area contributed by atoms with Crippen molar-refractivity contribution in [3.05, 3.63) is 58.7 Å². The fourth-order valence-corrected chi connectivity index (χ4v) is 10.4. The van der Waals surface area contributed by atoms with Crippen molar-refractivity contribution in [2.75, 3.05) is 71.5 Å². The highest BCUT2D eigenvalue weighted by atomic mass is 32.2. The molecule has 2 saturated heterocycles. The van der Waals surface area contributed by atoms with Crippen LogP contribution in [-0.4, -0.2) is 120 Å². The van der Waals surface area contributed by atoms with Gasteiger partial charge in [-0.05, 0) is 156 Å². The second-order valence-electron chi connectivity index (χ2n) is 16.3. The Morgan fingerprint density at radius 3 is 1.72 bits per heavy atom. The van der Waals surface area contributed by atoms with Gasteiger partial charge in [0.1, 0.15) is 17.8 Å². The van der Waals surface area contributed by atoms with E-state index in [0.717, 1.165) is 82.6 Å². The molecule has 0 bridgehead atoms. The molecule has 0 saturated carbocycles. The number of ether oxygens (including phenoxy) is 2. The topological polar surface area (TPSA) is 126 Å². The largest absolute Gasteiger partial charge is 0.494 e. The van der Waals surface area contributed by atoms with Crippen molar-refractivity contribution in [2.24, 2.45) is 11.8 Å². The van der Waals surface area contributed by atoms with Crippen LogP contribution in [0, 0.1) is 11.8 Å². The van der Waals surface area contributed by atoms with E-state index in [9.17, 15) is 21.6 Å². The Hall–Kier alpha value is -2.55. The first-order valence-electron chi connectivity index (χ1n) is 21.6. The van der Waals surface area contributed by atoms with Crippen LogP contribution in [0.15, 0.2) is 36.4 Å². The number of piperidine rings is 2. The van der Waals surface area contributed by atoms with Gasteiger partial charge in [0, 0.05) is 50.7 Å². The second kappa shape index (κ2) is 23.3. The Morgan fingerprint density at radius 1 is 0.702 bits per heavy atom. The molecule has 2 atom stereocenters. The van der Waals surface area contributed by atoms with Crippen LogP contribution < -0.4 is 14.8 Å². The first-order valence-corrected chi connectivity index (χ1v) is 25.3. The average molecular weight is 833 g/mol. The molecule has 2 fully saturated rings. The number of carbonyl (C=O) groups is 1. The molecule has 2 aromatic rings. The van der Waals surface area contributed by atoms with Gasteiger partial charge in [-0.2, -0.15) is 0 Å². The molecule has 57 heavy (non-hydrogen) atoms. The number of aryl methyl sites for hydroxylation is 2. The SMILES string of the molecule is CCCN(CC1CCN(S(C)(=O)=O)CC1)C1CCc2ccc(OCC)cc2C1.CCCNC1CCc2ccc(OCC)cc2C1.CS(=O)(=O)N1CCC(C=O)CC1. The number of hydrogen-bond acceptors (Lipinski definition) is 9. The van der Waals surface area contributed by atoms with Gasteiger partial charge in [-0.3, -0.25) is 4.90 Å².